The molecule has 0 amide bonds. The number of rotatable bonds is 3. The first-order valence-corrected chi connectivity index (χ1v) is 7.23. The fourth-order valence-electron chi connectivity index (χ4n) is 3.59. The maximum absolute atomic E-state index is 3.88. The van der Waals surface area contributed by atoms with E-state index in [1.165, 1.54) is 22.3 Å². The Labute approximate surface area is 121 Å². The molecule has 1 atom stereocenters. The van der Waals surface area contributed by atoms with E-state index in [0.29, 0.717) is 0 Å². The Balaban J connectivity index is 2.27. The highest BCUT2D eigenvalue weighted by Gasteiger charge is 2.41. The van der Waals surface area contributed by atoms with Crippen LogP contribution in [0.25, 0.3) is 0 Å². The molecule has 1 aliphatic carbocycles. The largest absolute Gasteiger partial charge is 0.0991 e. The number of fused-ring (bicyclic) bond motifs is 1. The quantitative estimate of drug-likeness (QED) is 0.677. The molecule has 0 fully saturated rings. The Morgan fingerprint density at radius 3 is 2.50 bits per heavy atom. The van der Waals surface area contributed by atoms with Crippen molar-refractivity contribution in [3.05, 3.63) is 95.6 Å². The monoisotopic (exact) mass is 260 g/mol. The fourth-order valence-corrected chi connectivity index (χ4v) is 3.59. The average molecular weight is 260 g/mol. The first-order chi connectivity index (χ1) is 9.79. The van der Waals surface area contributed by atoms with Crippen LogP contribution in [0.2, 0.25) is 0 Å². The highest BCUT2D eigenvalue weighted by Crippen LogP contribution is 2.48. The van der Waals surface area contributed by atoms with Gasteiger partial charge in [-0.15, -0.1) is 0 Å². The molecule has 0 saturated carbocycles. The maximum Gasteiger partial charge on any atom is 0.0417 e. The van der Waals surface area contributed by atoms with E-state index in [0.717, 1.165) is 12.8 Å². The zero-order chi connectivity index (χ0) is 14.0. The first-order valence-electron chi connectivity index (χ1n) is 7.23. The van der Waals surface area contributed by atoms with E-state index in [-0.39, 0.29) is 5.41 Å². The predicted octanol–water partition coefficient (Wildman–Crippen LogP) is 5.05. The summed E-state index contributed by atoms with van der Waals surface area (Å²) in [6.45, 7) is 6.11. The van der Waals surface area contributed by atoms with Crippen LogP contribution in [0.5, 0.6) is 0 Å². The molecule has 1 aliphatic rings. The van der Waals surface area contributed by atoms with Gasteiger partial charge in [-0.25, -0.2) is 0 Å². The summed E-state index contributed by atoms with van der Waals surface area (Å²) in [6, 6.07) is 19.7. The predicted molar refractivity (Wildman–Crippen MR) is 85.9 cm³/mol. The fraction of sp³-hybridized carbons (Fsp3) is 0.200. The number of hydrogen-bond donors (Lipinski definition) is 0. The first kappa shape index (κ1) is 12.9. The molecule has 0 aliphatic heterocycles. The van der Waals surface area contributed by atoms with Gasteiger partial charge in [-0.3, -0.25) is 0 Å². The van der Waals surface area contributed by atoms with Crippen LogP contribution in [0.4, 0.5) is 0 Å². The van der Waals surface area contributed by atoms with E-state index in [1.54, 1.807) is 0 Å². The van der Waals surface area contributed by atoms with Crippen LogP contribution in [0.3, 0.4) is 0 Å². The Hall–Kier alpha value is -2.08. The Morgan fingerprint density at radius 1 is 1.05 bits per heavy atom. The van der Waals surface area contributed by atoms with E-state index >= 15 is 0 Å². The van der Waals surface area contributed by atoms with Gasteiger partial charge >= 0.3 is 0 Å². The lowest BCUT2D eigenvalue weighted by Gasteiger charge is -2.32. The second kappa shape index (κ2) is 5.13. The molecule has 2 aromatic carbocycles. The SMILES string of the molecule is C=C/C=C(\C)C1(c2ccccc2)CCc2ccccc21. The normalized spacial score (nSPS) is 21.6. The lowest BCUT2D eigenvalue weighted by molar-refractivity contribution is 0.596. The van der Waals surface area contributed by atoms with Crippen LogP contribution in [0.15, 0.2) is 78.9 Å². The molecule has 0 nitrogen and oxygen atoms in total. The van der Waals surface area contributed by atoms with Crippen LogP contribution in [-0.2, 0) is 11.8 Å². The zero-order valence-corrected chi connectivity index (χ0v) is 12.0. The van der Waals surface area contributed by atoms with Crippen molar-refractivity contribution in [3.8, 4) is 0 Å². The van der Waals surface area contributed by atoms with E-state index in [4.69, 9.17) is 0 Å². The summed E-state index contributed by atoms with van der Waals surface area (Å²) in [7, 11) is 0. The highest BCUT2D eigenvalue weighted by molar-refractivity contribution is 5.55. The third-order valence-electron chi connectivity index (χ3n) is 4.55. The minimum absolute atomic E-state index is 0.0199. The van der Waals surface area contributed by atoms with Gasteiger partial charge in [0.2, 0.25) is 0 Å². The zero-order valence-electron chi connectivity index (χ0n) is 12.0. The molecule has 1 unspecified atom stereocenters. The lowest BCUT2D eigenvalue weighted by atomic mass is 9.70. The second-order valence-corrected chi connectivity index (χ2v) is 5.51. The van der Waals surface area contributed by atoms with Crippen molar-refractivity contribution in [1.29, 1.82) is 0 Å². The van der Waals surface area contributed by atoms with Gasteiger partial charge in [0.05, 0.1) is 0 Å². The summed E-state index contributed by atoms with van der Waals surface area (Å²) >= 11 is 0. The van der Waals surface area contributed by atoms with Crippen LogP contribution < -0.4 is 0 Å². The van der Waals surface area contributed by atoms with E-state index in [2.05, 4.69) is 74.2 Å². The topological polar surface area (TPSA) is 0 Å². The number of allylic oxidation sites excluding steroid dienone is 3. The van der Waals surface area contributed by atoms with Crippen molar-refractivity contribution >= 4 is 0 Å². The van der Waals surface area contributed by atoms with Crippen molar-refractivity contribution in [2.24, 2.45) is 0 Å². The number of aryl methyl sites for hydroxylation is 1. The molecule has 0 bridgehead atoms. The summed E-state index contributed by atoms with van der Waals surface area (Å²) in [5.41, 5.74) is 5.73. The molecule has 20 heavy (non-hydrogen) atoms. The molecular weight excluding hydrogens is 240 g/mol. The summed E-state index contributed by atoms with van der Waals surface area (Å²) in [4.78, 5) is 0. The maximum atomic E-state index is 3.88. The number of benzene rings is 2. The minimum atomic E-state index is 0.0199. The molecule has 0 radical (unpaired) electrons. The van der Waals surface area contributed by atoms with Crippen molar-refractivity contribution < 1.29 is 0 Å². The van der Waals surface area contributed by atoms with E-state index in [9.17, 15) is 0 Å². The molecule has 0 saturated heterocycles. The molecule has 2 aromatic rings. The summed E-state index contributed by atoms with van der Waals surface area (Å²) in [6.07, 6.45) is 6.36. The third-order valence-corrected chi connectivity index (χ3v) is 4.55. The molecule has 0 aromatic heterocycles. The third kappa shape index (κ3) is 1.84. The molecule has 0 N–H and O–H groups in total. The summed E-state index contributed by atoms with van der Waals surface area (Å²) in [5.74, 6) is 0. The van der Waals surface area contributed by atoms with Crippen LogP contribution in [0, 0.1) is 0 Å². The van der Waals surface area contributed by atoms with Gasteiger partial charge < -0.3 is 0 Å². The van der Waals surface area contributed by atoms with Gasteiger partial charge in [0, 0.05) is 5.41 Å². The molecule has 0 heterocycles. The Bertz CT molecular complexity index is 649. The van der Waals surface area contributed by atoms with E-state index < -0.39 is 0 Å². The van der Waals surface area contributed by atoms with Gasteiger partial charge in [-0.2, -0.15) is 0 Å². The van der Waals surface area contributed by atoms with E-state index in [1.807, 2.05) is 6.08 Å². The minimum Gasteiger partial charge on any atom is -0.0991 e. The standard InChI is InChI=1S/C20H20/c1-3-9-16(2)20(18-11-5-4-6-12-18)15-14-17-10-7-8-13-19(17)20/h3-13H,1,14-15H2,2H3/b16-9+. The Morgan fingerprint density at radius 2 is 1.75 bits per heavy atom. The van der Waals surface area contributed by atoms with Gasteiger partial charge in [-0.1, -0.05) is 78.9 Å². The van der Waals surface area contributed by atoms with Crippen LogP contribution in [0.1, 0.15) is 30.0 Å². The van der Waals surface area contributed by atoms with Crippen molar-refractivity contribution in [1.82, 2.24) is 0 Å². The molecule has 100 valence electrons. The summed E-state index contributed by atoms with van der Waals surface area (Å²) < 4.78 is 0. The van der Waals surface area contributed by atoms with Gasteiger partial charge in [0.1, 0.15) is 0 Å². The highest BCUT2D eigenvalue weighted by atomic mass is 14.4. The molecule has 3 rings (SSSR count). The molecule has 0 spiro atoms. The van der Waals surface area contributed by atoms with Crippen molar-refractivity contribution in [2.45, 2.75) is 25.2 Å². The number of hydrogen-bond acceptors (Lipinski definition) is 0. The van der Waals surface area contributed by atoms with Crippen LogP contribution in [-0.4, -0.2) is 0 Å². The van der Waals surface area contributed by atoms with Crippen molar-refractivity contribution in [2.75, 3.05) is 0 Å². The second-order valence-electron chi connectivity index (χ2n) is 5.51. The van der Waals surface area contributed by atoms with Gasteiger partial charge in [0.15, 0.2) is 0 Å². The van der Waals surface area contributed by atoms with Gasteiger partial charge in [-0.05, 0) is 36.5 Å². The Kier molecular flexibility index (Phi) is 3.31. The van der Waals surface area contributed by atoms with Crippen molar-refractivity contribution in [3.63, 3.8) is 0 Å². The lowest BCUT2D eigenvalue weighted by Crippen LogP contribution is -2.26. The molecule has 0 heteroatoms. The van der Waals surface area contributed by atoms with Gasteiger partial charge in [0.25, 0.3) is 0 Å². The average Bonchev–Trinajstić information content (AvgIpc) is 2.89. The smallest absolute Gasteiger partial charge is 0.0417 e. The van der Waals surface area contributed by atoms with Crippen LogP contribution >= 0.6 is 0 Å². The summed E-state index contributed by atoms with van der Waals surface area (Å²) in [5, 5.41) is 0. The molecular formula is C20H20.